The van der Waals surface area contributed by atoms with E-state index in [2.05, 4.69) is 12.2 Å². The van der Waals surface area contributed by atoms with Gasteiger partial charge in [-0.25, -0.2) is 0 Å². The van der Waals surface area contributed by atoms with Gasteiger partial charge < -0.3 is 11.1 Å². The summed E-state index contributed by atoms with van der Waals surface area (Å²) in [5, 5.41) is 3.40. The van der Waals surface area contributed by atoms with Gasteiger partial charge in [-0.05, 0) is 17.9 Å². The third-order valence-corrected chi connectivity index (χ3v) is 3.64. The molecule has 0 saturated carbocycles. The lowest BCUT2D eigenvalue weighted by Gasteiger charge is -2.06. The molecule has 1 heterocycles. The zero-order valence-corrected chi connectivity index (χ0v) is 9.78. The smallest absolute Gasteiger partial charge is 0.245 e. The Morgan fingerprint density at radius 2 is 2.33 bits per heavy atom. The first-order valence-electron chi connectivity index (χ1n) is 4.66. The van der Waals surface area contributed by atoms with E-state index in [4.69, 9.17) is 17.3 Å². The van der Waals surface area contributed by atoms with E-state index in [-0.39, 0.29) is 5.91 Å². The normalized spacial score (nSPS) is 18.9. The number of carbonyl (C=O) groups excluding carboxylic acids is 1. The van der Waals surface area contributed by atoms with Gasteiger partial charge in [-0.3, -0.25) is 4.79 Å². The van der Waals surface area contributed by atoms with Crippen LogP contribution in [0.25, 0.3) is 0 Å². The van der Waals surface area contributed by atoms with Crippen LogP contribution in [0.15, 0.2) is 17.0 Å². The molecule has 1 atom stereocenters. The van der Waals surface area contributed by atoms with Crippen LogP contribution in [0.4, 0.5) is 5.69 Å². The molecule has 1 unspecified atom stereocenters. The van der Waals surface area contributed by atoms with Crippen LogP contribution in [0, 0.1) is 0 Å². The summed E-state index contributed by atoms with van der Waals surface area (Å²) in [7, 11) is 0. The first-order chi connectivity index (χ1) is 7.13. The molecule has 1 aliphatic rings. The maximum atomic E-state index is 11.3. The molecule has 1 aromatic rings. The number of fused-ring (bicyclic) bond motifs is 1. The molecule has 3 nitrogen and oxygen atoms in total. The Hall–Kier alpha value is -0.710. The summed E-state index contributed by atoms with van der Waals surface area (Å²) in [5.41, 5.74) is 7.27. The van der Waals surface area contributed by atoms with Gasteiger partial charge in [0, 0.05) is 16.1 Å². The van der Waals surface area contributed by atoms with E-state index in [0.29, 0.717) is 5.02 Å². The predicted molar refractivity (Wildman–Crippen MR) is 63.4 cm³/mol. The summed E-state index contributed by atoms with van der Waals surface area (Å²) in [6.07, 6.45) is 0. The van der Waals surface area contributed by atoms with Crippen molar-refractivity contribution in [1.82, 2.24) is 0 Å². The molecule has 5 heteroatoms. The molecule has 80 valence electrons. The topological polar surface area (TPSA) is 55.1 Å². The minimum absolute atomic E-state index is 0.167. The Morgan fingerprint density at radius 1 is 1.60 bits per heavy atom. The first-order valence-corrected chi connectivity index (χ1v) is 6.02. The van der Waals surface area contributed by atoms with Crippen molar-refractivity contribution in [2.45, 2.75) is 17.9 Å². The number of thioether (sulfide) groups is 1. The van der Waals surface area contributed by atoms with Gasteiger partial charge in [-0.1, -0.05) is 18.5 Å². The van der Waals surface area contributed by atoms with E-state index in [0.717, 1.165) is 21.9 Å². The van der Waals surface area contributed by atoms with E-state index < -0.39 is 6.04 Å². The van der Waals surface area contributed by atoms with Gasteiger partial charge in [0.05, 0.1) is 5.02 Å². The van der Waals surface area contributed by atoms with Crippen LogP contribution in [0.1, 0.15) is 18.5 Å². The van der Waals surface area contributed by atoms with E-state index in [1.165, 1.54) is 0 Å². The fourth-order valence-electron chi connectivity index (χ4n) is 1.55. The van der Waals surface area contributed by atoms with Crippen molar-refractivity contribution in [1.29, 1.82) is 0 Å². The second-order valence-electron chi connectivity index (χ2n) is 3.27. The molecule has 2 rings (SSSR count). The number of nitrogens with two attached hydrogens (primary N) is 1. The lowest BCUT2D eigenvalue weighted by molar-refractivity contribution is -0.116. The zero-order chi connectivity index (χ0) is 11.0. The van der Waals surface area contributed by atoms with Crippen molar-refractivity contribution in [2.75, 3.05) is 11.1 Å². The maximum Gasteiger partial charge on any atom is 0.245 e. The Kier molecular flexibility index (Phi) is 2.91. The van der Waals surface area contributed by atoms with Gasteiger partial charge in [0.15, 0.2) is 0 Å². The van der Waals surface area contributed by atoms with Gasteiger partial charge in [0.25, 0.3) is 0 Å². The number of benzene rings is 1. The van der Waals surface area contributed by atoms with Gasteiger partial charge >= 0.3 is 0 Å². The van der Waals surface area contributed by atoms with E-state index in [1.807, 2.05) is 6.07 Å². The van der Waals surface area contributed by atoms with Crippen LogP contribution in [0.2, 0.25) is 5.02 Å². The number of hydrogen-bond donors (Lipinski definition) is 2. The highest BCUT2D eigenvalue weighted by atomic mass is 35.5. The summed E-state index contributed by atoms with van der Waals surface area (Å²) in [6.45, 7) is 2.05. The Labute approximate surface area is 97.4 Å². The third-order valence-electron chi connectivity index (χ3n) is 2.28. The van der Waals surface area contributed by atoms with Crippen LogP contribution in [-0.4, -0.2) is 11.7 Å². The zero-order valence-electron chi connectivity index (χ0n) is 8.21. The van der Waals surface area contributed by atoms with Crippen molar-refractivity contribution < 1.29 is 4.79 Å². The van der Waals surface area contributed by atoms with Crippen LogP contribution in [0.3, 0.4) is 0 Å². The molecule has 3 N–H and O–H groups in total. The Morgan fingerprint density at radius 3 is 3.00 bits per heavy atom. The van der Waals surface area contributed by atoms with Crippen molar-refractivity contribution >= 4 is 35.0 Å². The quantitative estimate of drug-likeness (QED) is 0.783. The molecule has 0 aliphatic carbocycles. The summed E-state index contributed by atoms with van der Waals surface area (Å²) in [5.74, 6) is 0.776. The van der Waals surface area contributed by atoms with E-state index >= 15 is 0 Å². The Bertz CT molecular complexity index is 422. The average molecular weight is 243 g/mol. The van der Waals surface area contributed by atoms with Gasteiger partial charge in [-0.2, -0.15) is 0 Å². The monoisotopic (exact) mass is 242 g/mol. The van der Waals surface area contributed by atoms with E-state index in [1.54, 1.807) is 17.8 Å². The molecule has 1 aromatic carbocycles. The minimum atomic E-state index is -0.585. The Balaban J connectivity index is 2.44. The highest BCUT2D eigenvalue weighted by molar-refractivity contribution is 7.99. The maximum absolute atomic E-state index is 11.3. The van der Waals surface area contributed by atoms with Crippen molar-refractivity contribution in [3.63, 3.8) is 0 Å². The van der Waals surface area contributed by atoms with Gasteiger partial charge in [0.1, 0.15) is 6.04 Å². The molecule has 0 radical (unpaired) electrons. The third kappa shape index (κ3) is 1.85. The van der Waals surface area contributed by atoms with Crippen molar-refractivity contribution in [3.05, 3.63) is 22.7 Å². The highest BCUT2D eigenvalue weighted by Gasteiger charge is 2.28. The standard InChI is InChI=1S/C10H11ClN2OS/c1-2-15-8-4-7-5(3-6(8)11)9(12)10(14)13-7/h3-4,9H,2,12H2,1H3,(H,13,14). The number of halogens is 1. The van der Waals surface area contributed by atoms with Crippen molar-refractivity contribution in [2.24, 2.45) is 5.73 Å². The van der Waals surface area contributed by atoms with Gasteiger partial charge in [0.2, 0.25) is 5.91 Å². The molecule has 1 aliphatic heterocycles. The van der Waals surface area contributed by atoms with Crippen LogP contribution >= 0.6 is 23.4 Å². The summed E-state index contributed by atoms with van der Waals surface area (Å²) in [6, 6.07) is 3.08. The first kappa shape index (κ1) is 10.8. The predicted octanol–water partition coefficient (Wildman–Crippen LogP) is 2.40. The number of carbonyl (C=O) groups is 1. The molecular weight excluding hydrogens is 232 g/mol. The lowest BCUT2D eigenvalue weighted by atomic mass is 10.1. The second kappa shape index (κ2) is 4.04. The fraction of sp³-hybridized carbons (Fsp3) is 0.300. The van der Waals surface area contributed by atoms with Crippen LogP contribution in [-0.2, 0) is 4.79 Å². The molecule has 1 amide bonds. The summed E-state index contributed by atoms with van der Waals surface area (Å²) in [4.78, 5) is 12.3. The highest BCUT2D eigenvalue weighted by Crippen LogP contribution is 2.37. The van der Waals surface area contributed by atoms with Crippen molar-refractivity contribution in [3.8, 4) is 0 Å². The summed E-state index contributed by atoms with van der Waals surface area (Å²) >= 11 is 7.73. The molecule has 0 saturated heterocycles. The van der Waals surface area contributed by atoms with Crippen LogP contribution < -0.4 is 11.1 Å². The van der Waals surface area contributed by atoms with Crippen LogP contribution in [0.5, 0.6) is 0 Å². The van der Waals surface area contributed by atoms with Gasteiger partial charge in [-0.15, -0.1) is 11.8 Å². The number of rotatable bonds is 2. The SMILES string of the molecule is CCSc1cc2c(cc1Cl)C(N)C(=O)N2. The largest absolute Gasteiger partial charge is 0.324 e. The number of anilines is 1. The molecule has 0 fully saturated rings. The molecule has 0 aromatic heterocycles. The summed E-state index contributed by atoms with van der Waals surface area (Å²) < 4.78 is 0. The molecule has 0 spiro atoms. The molecular formula is C10H11ClN2OS. The average Bonchev–Trinajstić information content (AvgIpc) is 2.46. The molecule has 15 heavy (non-hydrogen) atoms. The second-order valence-corrected chi connectivity index (χ2v) is 4.98. The number of nitrogens with one attached hydrogen (secondary N) is 1. The lowest BCUT2D eigenvalue weighted by Crippen LogP contribution is -2.19. The minimum Gasteiger partial charge on any atom is -0.324 e. The molecule has 0 bridgehead atoms. The van der Waals surface area contributed by atoms with E-state index in [9.17, 15) is 4.79 Å². The number of hydrogen-bond acceptors (Lipinski definition) is 3. The number of amides is 1. The fourth-order valence-corrected chi connectivity index (χ4v) is 2.60.